The van der Waals surface area contributed by atoms with Crippen LogP contribution in [0.5, 0.6) is 0 Å². The molecule has 0 spiro atoms. The first-order chi connectivity index (χ1) is 9.72. The molecule has 3 rings (SSSR count). The van der Waals surface area contributed by atoms with E-state index < -0.39 is 0 Å². The molecule has 0 radical (unpaired) electrons. The molecule has 0 unspecified atom stereocenters. The standard InChI is InChI=1S/C15H21N3O2/c19-14-9-11(3-6-16-14)10-17-13-4-7-18(8-5-13)15(20)12-1-2-12/h3,6,9,12-13,17H,1-2,4-5,7-8,10H2,(H,16,19). The molecule has 2 N–H and O–H groups in total. The molecule has 2 aliphatic rings. The minimum absolute atomic E-state index is 0.0610. The second-order valence-corrected chi connectivity index (χ2v) is 5.82. The molecule has 5 nitrogen and oxygen atoms in total. The van der Waals surface area contributed by atoms with E-state index >= 15 is 0 Å². The molecule has 1 saturated heterocycles. The zero-order valence-corrected chi connectivity index (χ0v) is 11.6. The number of carbonyl (C=O) groups excluding carboxylic acids is 1. The van der Waals surface area contributed by atoms with Gasteiger partial charge in [0, 0.05) is 43.9 Å². The van der Waals surface area contributed by atoms with Crippen LogP contribution in [0.2, 0.25) is 0 Å². The molecule has 2 fully saturated rings. The molecule has 1 aromatic rings. The van der Waals surface area contributed by atoms with Crippen LogP contribution in [0.3, 0.4) is 0 Å². The Hall–Kier alpha value is -1.62. The van der Waals surface area contributed by atoms with Crippen LogP contribution >= 0.6 is 0 Å². The minimum atomic E-state index is -0.0610. The fourth-order valence-corrected chi connectivity index (χ4v) is 2.75. The Morgan fingerprint density at radius 3 is 2.70 bits per heavy atom. The van der Waals surface area contributed by atoms with Crippen molar-refractivity contribution >= 4 is 5.91 Å². The minimum Gasteiger partial charge on any atom is -0.342 e. The average Bonchev–Trinajstić information content (AvgIpc) is 3.30. The molecule has 5 heteroatoms. The first kappa shape index (κ1) is 13.4. The van der Waals surface area contributed by atoms with Gasteiger partial charge in [0.25, 0.3) is 0 Å². The van der Waals surface area contributed by atoms with E-state index in [2.05, 4.69) is 10.3 Å². The number of nitrogens with one attached hydrogen (secondary N) is 2. The van der Waals surface area contributed by atoms with Gasteiger partial charge in [0.2, 0.25) is 11.5 Å². The van der Waals surface area contributed by atoms with E-state index in [1.54, 1.807) is 12.3 Å². The molecule has 1 aliphatic heterocycles. The Labute approximate surface area is 118 Å². The highest BCUT2D eigenvalue weighted by atomic mass is 16.2. The summed E-state index contributed by atoms with van der Waals surface area (Å²) in [6.07, 6.45) is 5.85. The third-order valence-corrected chi connectivity index (χ3v) is 4.17. The van der Waals surface area contributed by atoms with E-state index in [-0.39, 0.29) is 5.56 Å². The van der Waals surface area contributed by atoms with Gasteiger partial charge >= 0.3 is 0 Å². The summed E-state index contributed by atoms with van der Waals surface area (Å²) in [4.78, 5) is 27.8. The van der Waals surface area contributed by atoms with E-state index in [0.717, 1.165) is 44.3 Å². The van der Waals surface area contributed by atoms with Crippen molar-refractivity contribution in [3.05, 3.63) is 34.2 Å². The Morgan fingerprint density at radius 1 is 1.30 bits per heavy atom. The van der Waals surface area contributed by atoms with Gasteiger partial charge in [0.05, 0.1) is 0 Å². The number of piperidine rings is 1. The van der Waals surface area contributed by atoms with Crippen LogP contribution in [0.15, 0.2) is 23.1 Å². The fourth-order valence-electron chi connectivity index (χ4n) is 2.75. The van der Waals surface area contributed by atoms with Crippen molar-refractivity contribution in [3.8, 4) is 0 Å². The molecule has 1 aromatic heterocycles. The van der Waals surface area contributed by atoms with Crippen LogP contribution in [0.25, 0.3) is 0 Å². The summed E-state index contributed by atoms with van der Waals surface area (Å²) in [5.41, 5.74) is 0.944. The summed E-state index contributed by atoms with van der Waals surface area (Å²) < 4.78 is 0. The van der Waals surface area contributed by atoms with Crippen molar-refractivity contribution < 1.29 is 4.79 Å². The maximum atomic E-state index is 12.0. The lowest BCUT2D eigenvalue weighted by Gasteiger charge is -2.32. The van der Waals surface area contributed by atoms with Crippen molar-refractivity contribution in [1.82, 2.24) is 15.2 Å². The van der Waals surface area contributed by atoms with Gasteiger partial charge in [-0.3, -0.25) is 9.59 Å². The molecular formula is C15H21N3O2. The summed E-state index contributed by atoms with van der Waals surface area (Å²) in [5, 5.41) is 3.48. The van der Waals surface area contributed by atoms with Crippen LogP contribution in [-0.4, -0.2) is 34.9 Å². The third kappa shape index (κ3) is 3.28. The SMILES string of the molecule is O=C(C1CC1)N1CCC(NCc2cc[nH]c(=O)c2)CC1. The summed E-state index contributed by atoms with van der Waals surface area (Å²) in [7, 11) is 0. The number of pyridine rings is 1. The van der Waals surface area contributed by atoms with Crippen LogP contribution < -0.4 is 10.9 Å². The molecule has 108 valence electrons. The number of aromatic nitrogens is 1. The number of carbonyl (C=O) groups is 1. The number of hydrogen-bond donors (Lipinski definition) is 2. The molecule has 1 saturated carbocycles. The normalized spacial score (nSPS) is 20.1. The number of hydrogen-bond acceptors (Lipinski definition) is 3. The number of H-pyrrole nitrogens is 1. The highest BCUT2D eigenvalue weighted by Crippen LogP contribution is 2.31. The van der Waals surface area contributed by atoms with Gasteiger partial charge in [-0.15, -0.1) is 0 Å². The Kier molecular flexibility index (Phi) is 3.87. The third-order valence-electron chi connectivity index (χ3n) is 4.17. The lowest BCUT2D eigenvalue weighted by atomic mass is 10.0. The molecule has 1 aliphatic carbocycles. The largest absolute Gasteiger partial charge is 0.342 e. The van der Waals surface area contributed by atoms with Crippen molar-refractivity contribution in [2.75, 3.05) is 13.1 Å². The zero-order chi connectivity index (χ0) is 13.9. The summed E-state index contributed by atoms with van der Waals surface area (Å²) in [5.74, 6) is 0.689. The first-order valence-corrected chi connectivity index (χ1v) is 7.42. The summed E-state index contributed by atoms with van der Waals surface area (Å²) in [6.45, 7) is 2.44. The molecule has 20 heavy (non-hydrogen) atoms. The number of amides is 1. The lowest BCUT2D eigenvalue weighted by molar-refractivity contribution is -0.133. The van der Waals surface area contributed by atoms with E-state index in [1.807, 2.05) is 11.0 Å². The molecule has 0 aromatic carbocycles. The second-order valence-electron chi connectivity index (χ2n) is 5.82. The van der Waals surface area contributed by atoms with Crippen molar-refractivity contribution in [2.45, 2.75) is 38.3 Å². The highest BCUT2D eigenvalue weighted by molar-refractivity contribution is 5.81. The predicted octanol–water partition coefficient (Wildman–Crippen LogP) is 0.865. The number of rotatable bonds is 4. The summed E-state index contributed by atoms with van der Waals surface area (Å²) in [6, 6.07) is 3.98. The molecule has 0 bridgehead atoms. The maximum absolute atomic E-state index is 12.0. The van der Waals surface area contributed by atoms with Crippen molar-refractivity contribution in [3.63, 3.8) is 0 Å². The van der Waals surface area contributed by atoms with Crippen LogP contribution in [0.1, 0.15) is 31.2 Å². The average molecular weight is 275 g/mol. The maximum Gasteiger partial charge on any atom is 0.248 e. The van der Waals surface area contributed by atoms with E-state index in [0.29, 0.717) is 24.4 Å². The van der Waals surface area contributed by atoms with Crippen LogP contribution in [-0.2, 0) is 11.3 Å². The van der Waals surface area contributed by atoms with Gasteiger partial charge in [0.1, 0.15) is 0 Å². The second kappa shape index (κ2) is 5.79. The predicted molar refractivity (Wildman–Crippen MR) is 76.2 cm³/mol. The molecule has 0 atom stereocenters. The van der Waals surface area contributed by atoms with E-state index in [4.69, 9.17) is 0 Å². The fraction of sp³-hybridized carbons (Fsp3) is 0.600. The van der Waals surface area contributed by atoms with Gasteiger partial charge in [-0.25, -0.2) is 0 Å². The monoisotopic (exact) mass is 275 g/mol. The summed E-state index contributed by atoms with van der Waals surface area (Å²) >= 11 is 0. The van der Waals surface area contributed by atoms with Gasteiger partial charge < -0.3 is 15.2 Å². The molecular weight excluding hydrogens is 254 g/mol. The Bertz CT molecular complexity index is 528. The van der Waals surface area contributed by atoms with Gasteiger partial charge in [-0.05, 0) is 37.3 Å². The molecule has 1 amide bonds. The van der Waals surface area contributed by atoms with Crippen LogP contribution in [0, 0.1) is 5.92 Å². The number of nitrogens with zero attached hydrogens (tertiary/aromatic N) is 1. The van der Waals surface area contributed by atoms with E-state index in [1.165, 1.54) is 0 Å². The quantitative estimate of drug-likeness (QED) is 0.857. The first-order valence-electron chi connectivity index (χ1n) is 7.42. The van der Waals surface area contributed by atoms with E-state index in [9.17, 15) is 9.59 Å². The van der Waals surface area contributed by atoms with Gasteiger partial charge in [-0.2, -0.15) is 0 Å². The topological polar surface area (TPSA) is 65.2 Å². The molecule has 2 heterocycles. The number of aromatic amines is 1. The zero-order valence-electron chi connectivity index (χ0n) is 11.6. The number of likely N-dealkylation sites (tertiary alicyclic amines) is 1. The van der Waals surface area contributed by atoms with Gasteiger partial charge in [-0.1, -0.05) is 0 Å². The van der Waals surface area contributed by atoms with Crippen molar-refractivity contribution in [2.24, 2.45) is 5.92 Å². The Balaban J connectivity index is 1.44. The van der Waals surface area contributed by atoms with Gasteiger partial charge in [0.15, 0.2) is 0 Å². The Morgan fingerprint density at radius 2 is 2.05 bits per heavy atom. The lowest BCUT2D eigenvalue weighted by Crippen LogP contribution is -2.45. The van der Waals surface area contributed by atoms with Crippen LogP contribution in [0.4, 0.5) is 0 Å². The smallest absolute Gasteiger partial charge is 0.248 e. The van der Waals surface area contributed by atoms with Crippen molar-refractivity contribution in [1.29, 1.82) is 0 Å². The highest BCUT2D eigenvalue weighted by Gasteiger charge is 2.34.